The molecule has 0 atom stereocenters. The third kappa shape index (κ3) is 2.02. The van der Waals surface area contributed by atoms with Crippen molar-refractivity contribution in [2.75, 3.05) is 0 Å². The van der Waals surface area contributed by atoms with Crippen molar-refractivity contribution in [1.29, 1.82) is 0 Å². The van der Waals surface area contributed by atoms with Crippen molar-refractivity contribution in [2.45, 2.75) is 6.54 Å². The molecule has 2 heterocycles. The van der Waals surface area contributed by atoms with Crippen LogP contribution in [0.25, 0.3) is 11.2 Å². The SMILES string of the molecule is Ic1ccccc1Cn1cnc2ncncc21. The van der Waals surface area contributed by atoms with E-state index in [0.717, 1.165) is 17.7 Å². The van der Waals surface area contributed by atoms with E-state index in [4.69, 9.17) is 0 Å². The van der Waals surface area contributed by atoms with Gasteiger partial charge in [0.05, 0.1) is 19.1 Å². The van der Waals surface area contributed by atoms with Crippen LogP contribution in [0, 0.1) is 3.57 Å². The molecule has 0 aliphatic heterocycles. The lowest BCUT2D eigenvalue weighted by atomic mass is 10.2. The number of rotatable bonds is 2. The van der Waals surface area contributed by atoms with Crippen molar-refractivity contribution in [3.63, 3.8) is 0 Å². The summed E-state index contributed by atoms with van der Waals surface area (Å²) >= 11 is 2.34. The van der Waals surface area contributed by atoms with Crippen LogP contribution in [0.1, 0.15) is 5.56 Å². The van der Waals surface area contributed by atoms with E-state index in [2.05, 4.69) is 54.2 Å². The van der Waals surface area contributed by atoms with Crippen LogP contribution in [-0.2, 0) is 6.54 Å². The number of aromatic nitrogens is 4. The summed E-state index contributed by atoms with van der Waals surface area (Å²) in [7, 11) is 0. The Morgan fingerprint density at radius 1 is 1.18 bits per heavy atom. The monoisotopic (exact) mass is 336 g/mol. The summed E-state index contributed by atoms with van der Waals surface area (Å²) in [6.07, 6.45) is 5.12. The van der Waals surface area contributed by atoms with E-state index in [1.165, 1.54) is 15.5 Å². The Morgan fingerprint density at radius 2 is 2.06 bits per heavy atom. The average molecular weight is 336 g/mol. The lowest BCUT2D eigenvalue weighted by molar-refractivity contribution is 0.819. The number of hydrogen-bond donors (Lipinski definition) is 0. The minimum Gasteiger partial charge on any atom is -0.323 e. The van der Waals surface area contributed by atoms with Crippen molar-refractivity contribution in [3.05, 3.63) is 52.3 Å². The van der Waals surface area contributed by atoms with Crippen LogP contribution in [0.3, 0.4) is 0 Å². The van der Waals surface area contributed by atoms with Gasteiger partial charge in [-0.3, -0.25) is 0 Å². The zero-order valence-corrected chi connectivity index (χ0v) is 11.1. The van der Waals surface area contributed by atoms with Crippen molar-refractivity contribution in [3.8, 4) is 0 Å². The van der Waals surface area contributed by atoms with Gasteiger partial charge >= 0.3 is 0 Å². The van der Waals surface area contributed by atoms with Crippen LogP contribution in [0.4, 0.5) is 0 Å². The van der Waals surface area contributed by atoms with Gasteiger partial charge in [0.1, 0.15) is 11.8 Å². The first-order chi connectivity index (χ1) is 8.34. The predicted molar refractivity (Wildman–Crippen MR) is 73.6 cm³/mol. The van der Waals surface area contributed by atoms with E-state index in [1.54, 1.807) is 6.20 Å². The molecule has 0 spiro atoms. The van der Waals surface area contributed by atoms with Crippen LogP contribution < -0.4 is 0 Å². The number of benzene rings is 1. The number of imidazole rings is 1. The lowest BCUT2D eigenvalue weighted by Gasteiger charge is -2.05. The summed E-state index contributed by atoms with van der Waals surface area (Å²) in [5, 5.41) is 0. The van der Waals surface area contributed by atoms with E-state index >= 15 is 0 Å². The zero-order valence-electron chi connectivity index (χ0n) is 8.92. The molecule has 84 valence electrons. The molecular formula is C12H9IN4. The van der Waals surface area contributed by atoms with E-state index in [-0.39, 0.29) is 0 Å². The molecule has 0 aliphatic rings. The van der Waals surface area contributed by atoms with Gasteiger partial charge in [0.2, 0.25) is 0 Å². The number of nitrogens with zero attached hydrogens (tertiary/aromatic N) is 4. The van der Waals surface area contributed by atoms with E-state index in [0.29, 0.717) is 0 Å². The van der Waals surface area contributed by atoms with E-state index in [9.17, 15) is 0 Å². The van der Waals surface area contributed by atoms with Gasteiger partial charge in [0.15, 0.2) is 5.65 Å². The molecule has 17 heavy (non-hydrogen) atoms. The Balaban J connectivity index is 2.03. The number of fused-ring (bicyclic) bond motifs is 1. The van der Waals surface area contributed by atoms with Gasteiger partial charge in [0, 0.05) is 3.57 Å². The fourth-order valence-electron chi connectivity index (χ4n) is 1.74. The third-order valence-electron chi connectivity index (χ3n) is 2.60. The second-order valence-corrected chi connectivity index (χ2v) is 4.86. The minimum atomic E-state index is 0.742. The maximum absolute atomic E-state index is 4.25. The highest BCUT2D eigenvalue weighted by Crippen LogP contribution is 2.15. The number of hydrogen-bond acceptors (Lipinski definition) is 3. The van der Waals surface area contributed by atoms with Crippen molar-refractivity contribution >= 4 is 33.8 Å². The third-order valence-corrected chi connectivity index (χ3v) is 3.65. The van der Waals surface area contributed by atoms with Crippen LogP contribution in [0.2, 0.25) is 0 Å². The molecule has 0 amide bonds. The van der Waals surface area contributed by atoms with Gasteiger partial charge in [0.25, 0.3) is 0 Å². The predicted octanol–water partition coefficient (Wildman–Crippen LogP) is 2.48. The molecule has 0 saturated carbocycles. The average Bonchev–Trinajstić information content (AvgIpc) is 2.76. The normalized spacial score (nSPS) is 10.9. The highest BCUT2D eigenvalue weighted by molar-refractivity contribution is 14.1. The van der Waals surface area contributed by atoms with Gasteiger partial charge in [-0.2, -0.15) is 0 Å². The minimum absolute atomic E-state index is 0.742. The topological polar surface area (TPSA) is 43.6 Å². The molecule has 2 aromatic heterocycles. The van der Waals surface area contributed by atoms with Gasteiger partial charge in [-0.1, -0.05) is 18.2 Å². The summed E-state index contributed by atoms with van der Waals surface area (Å²) in [5.41, 5.74) is 2.98. The fraction of sp³-hybridized carbons (Fsp3) is 0.0833. The molecule has 0 aliphatic carbocycles. The molecule has 0 saturated heterocycles. The first kappa shape index (κ1) is 10.6. The van der Waals surface area contributed by atoms with Crippen molar-refractivity contribution in [1.82, 2.24) is 19.5 Å². The Kier molecular flexibility index (Phi) is 2.76. The van der Waals surface area contributed by atoms with Crippen molar-refractivity contribution in [2.24, 2.45) is 0 Å². The molecular weight excluding hydrogens is 327 g/mol. The van der Waals surface area contributed by atoms with Gasteiger partial charge in [-0.25, -0.2) is 15.0 Å². The molecule has 0 fully saturated rings. The van der Waals surface area contributed by atoms with Crippen LogP contribution in [-0.4, -0.2) is 19.5 Å². The maximum Gasteiger partial charge on any atom is 0.180 e. The maximum atomic E-state index is 4.25. The molecule has 1 aromatic carbocycles. The molecule has 4 nitrogen and oxygen atoms in total. The molecule has 0 N–H and O–H groups in total. The summed E-state index contributed by atoms with van der Waals surface area (Å²) in [6.45, 7) is 0.795. The second kappa shape index (κ2) is 4.40. The molecule has 3 rings (SSSR count). The van der Waals surface area contributed by atoms with Crippen molar-refractivity contribution < 1.29 is 0 Å². The smallest absolute Gasteiger partial charge is 0.180 e. The van der Waals surface area contributed by atoms with Crippen LogP contribution in [0.5, 0.6) is 0 Å². The second-order valence-electron chi connectivity index (χ2n) is 3.70. The van der Waals surface area contributed by atoms with Crippen LogP contribution >= 0.6 is 22.6 Å². The van der Waals surface area contributed by atoms with Gasteiger partial charge in [-0.05, 0) is 34.2 Å². The fourth-order valence-corrected chi connectivity index (χ4v) is 2.30. The van der Waals surface area contributed by atoms with Crippen LogP contribution in [0.15, 0.2) is 43.1 Å². The molecule has 0 radical (unpaired) electrons. The lowest BCUT2D eigenvalue weighted by Crippen LogP contribution is -2.00. The highest BCUT2D eigenvalue weighted by Gasteiger charge is 2.05. The Labute approximate surface area is 112 Å². The zero-order chi connectivity index (χ0) is 11.7. The summed E-state index contributed by atoms with van der Waals surface area (Å²) in [4.78, 5) is 12.4. The quantitative estimate of drug-likeness (QED) is 0.676. The Hall–Kier alpha value is -1.50. The van der Waals surface area contributed by atoms with Gasteiger partial charge in [-0.15, -0.1) is 0 Å². The Bertz CT molecular complexity index is 662. The molecule has 0 bridgehead atoms. The Morgan fingerprint density at radius 3 is 2.94 bits per heavy atom. The largest absolute Gasteiger partial charge is 0.323 e. The van der Waals surface area contributed by atoms with Gasteiger partial charge < -0.3 is 4.57 Å². The first-order valence-electron chi connectivity index (χ1n) is 5.19. The molecule has 3 aromatic rings. The highest BCUT2D eigenvalue weighted by atomic mass is 127. The summed E-state index contributed by atoms with van der Waals surface area (Å²) in [5.74, 6) is 0. The van der Waals surface area contributed by atoms with E-state index in [1.807, 2.05) is 18.5 Å². The molecule has 0 unspecified atom stereocenters. The molecule has 5 heteroatoms. The first-order valence-corrected chi connectivity index (χ1v) is 6.27. The number of halogens is 1. The van der Waals surface area contributed by atoms with E-state index < -0.39 is 0 Å². The standard InChI is InChI=1S/C12H9IN4/c13-10-4-2-1-3-9(10)6-17-8-16-12-11(17)5-14-7-15-12/h1-5,7-8H,6H2. The summed E-state index contributed by atoms with van der Waals surface area (Å²) in [6, 6.07) is 8.32. The summed E-state index contributed by atoms with van der Waals surface area (Å²) < 4.78 is 3.32.